The summed E-state index contributed by atoms with van der Waals surface area (Å²) in [7, 11) is 0. The third-order valence-corrected chi connectivity index (χ3v) is 5.14. The number of nitrogens with two attached hydrogens (primary N) is 1. The van der Waals surface area contributed by atoms with E-state index in [0.29, 0.717) is 11.6 Å². The lowest BCUT2D eigenvalue weighted by Gasteiger charge is -2.09. The van der Waals surface area contributed by atoms with Crippen LogP contribution in [0.2, 0.25) is 0 Å². The Morgan fingerprint density at radius 1 is 1.12 bits per heavy atom. The van der Waals surface area contributed by atoms with Crippen LogP contribution in [0, 0.1) is 13.8 Å². The Kier molecular flexibility index (Phi) is 5.04. The molecule has 5 nitrogen and oxygen atoms in total. The zero-order valence-corrected chi connectivity index (χ0v) is 15.2. The molecule has 0 saturated heterocycles. The van der Waals surface area contributed by atoms with Gasteiger partial charge in [-0.2, -0.15) is 0 Å². The van der Waals surface area contributed by atoms with Gasteiger partial charge in [0.15, 0.2) is 5.16 Å². The fraction of sp³-hybridized carbons (Fsp3) is 0.389. The smallest absolute Gasteiger partial charge is 0.168 e. The molecule has 2 heterocycles. The first-order chi connectivity index (χ1) is 11.6. The largest absolute Gasteiger partial charge is 0.383 e. The Bertz CT molecular complexity index is 856. The molecule has 3 aromatic rings. The van der Waals surface area contributed by atoms with E-state index in [1.54, 1.807) is 11.8 Å². The normalized spacial score (nSPS) is 11.3. The molecule has 0 atom stereocenters. The molecule has 24 heavy (non-hydrogen) atoms. The Morgan fingerprint density at radius 3 is 2.71 bits per heavy atom. The molecule has 0 bridgehead atoms. The molecule has 0 spiro atoms. The van der Waals surface area contributed by atoms with Gasteiger partial charge < -0.3 is 10.3 Å². The summed E-state index contributed by atoms with van der Waals surface area (Å²) >= 11 is 1.67. The molecule has 0 fully saturated rings. The van der Waals surface area contributed by atoms with Crippen molar-refractivity contribution in [3.63, 3.8) is 0 Å². The highest BCUT2D eigenvalue weighted by Crippen LogP contribution is 2.26. The van der Waals surface area contributed by atoms with Crippen LogP contribution in [0.4, 0.5) is 5.82 Å². The molecule has 6 heteroatoms. The predicted octanol–water partition coefficient (Wildman–Crippen LogP) is 4.12. The van der Waals surface area contributed by atoms with Crippen LogP contribution in [0.1, 0.15) is 37.0 Å². The molecule has 0 saturated carbocycles. The van der Waals surface area contributed by atoms with Crippen molar-refractivity contribution in [2.75, 3.05) is 5.73 Å². The van der Waals surface area contributed by atoms with E-state index in [4.69, 9.17) is 10.7 Å². The maximum absolute atomic E-state index is 6.07. The molecule has 3 rings (SSSR count). The summed E-state index contributed by atoms with van der Waals surface area (Å²) in [5.74, 6) is 1.95. The van der Waals surface area contributed by atoms with E-state index in [2.05, 4.69) is 35.3 Å². The van der Waals surface area contributed by atoms with Gasteiger partial charge in [-0.1, -0.05) is 37.2 Å². The van der Waals surface area contributed by atoms with E-state index >= 15 is 0 Å². The Balaban J connectivity index is 1.82. The van der Waals surface area contributed by atoms with E-state index in [0.717, 1.165) is 40.5 Å². The molecular weight excluding hydrogens is 318 g/mol. The standard InChI is InChI=1S/C18H23N5S/c1-4-5-10-23-13(3)12(2)20-18(23)24-11-16-21-15-9-7-6-8-14(15)17(19)22-16/h6-9H,4-5,10-11H2,1-3H3,(H2,19,21,22). The fourth-order valence-electron chi connectivity index (χ4n) is 2.66. The number of thioether (sulfide) groups is 1. The van der Waals surface area contributed by atoms with Gasteiger partial charge in [0.2, 0.25) is 0 Å². The quantitative estimate of drug-likeness (QED) is 0.683. The van der Waals surface area contributed by atoms with Gasteiger partial charge in [-0.15, -0.1) is 0 Å². The Morgan fingerprint density at radius 2 is 1.92 bits per heavy atom. The third-order valence-electron chi connectivity index (χ3n) is 4.17. The summed E-state index contributed by atoms with van der Waals surface area (Å²) in [6.07, 6.45) is 2.33. The highest BCUT2D eigenvalue weighted by Gasteiger charge is 2.13. The fourth-order valence-corrected chi connectivity index (χ4v) is 3.63. The van der Waals surface area contributed by atoms with Crippen molar-refractivity contribution in [3.8, 4) is 0 Å². The van der Waals surface area contributed by atoms with Crippen molar-refractivity contribution >= 4 is 28.5 Å². The summed E-state index contributed by atoms with van der Waals surface area (Å²) in [4.78, 5) is 13.8. The van der Waals surface area contributed by atoms with Crippen molar-refractivity contribution in [3.05, 3.63) is 41.5 Å². The van der Waals surface area contributed by atoms with Gasteiger partial charge in [0.05, 0.1) is 17.0 Å². The van der Waals surface area contributed by atoms with Gasteiger partial charge in [-0.05, 0) is 32.4 Å². The third kappa shape index (κ3) is 3.38. The van der Waals surface area contributed by atoms with Gasteiger partial charge in [0.1, 0.15) is 11.6 Å². The minimum atomic E-state index is 0.540. The number of nitrogens with zero attached hydrogens (tertiary/aromatic N) is 4. The van der Waals surface area contributed by atoms with Crippen molar-refractivity contribution in [1.29, 1.82) is 0 Å². The molecule has 0 aliphatic carbocycles. The number of aromatic nitrogens is 4. The minimum absolute atomic E-state index is 0.540. The number of anilines is 1. The topological polar surface area (TPSA) is 69.6 Å². The maximum Gasteiger partial charge on any atom is 0.168 e. The summed E-state index contributed by atoms with van der Waals surface area (Å²) in [6.45, 7) is 7.41. The average Bonchev–Trinajstić information content (AvgIpc) is 2.85. The van der Waals surface area contributed by atoms with Crippen LogP contribution in [0.5, 0.6) is 0 Å². The van der Waals surface area contributed by atoms with Gasteiger partial charge in [-0.25, -0.2) is 15.0 Å². The first-order valence-corrected chi connectivity index (χ1v) is 9.26. The molecule has 2 aromatic heterocycles. The number of benzene rings is 1. The van der Waals surface area contributed by atoms with Crippen LogP contribution in [-0.4, -0.2) is 19.5 Å². The number of hydrogen-bond donors (Lipinski definition) is 1. The van der Waals surface area contributed by atoms with Crippen molar-refractivity contribution in [1.82, 2.24) is 19.5 Å². The van der Waals surface area contributed by atoms with E-state index < -0.39 is 0 Å². The van der Waals surface area contributed by atoms with Crippen molar-refractivity contribution in [2.45, 2.75) is 51.1 Å². The first-order valence-electron chi connectivity index (χ1n) is 8.27. The van der Waals surface area contributed by atoms with Gasteiger partial charge >= 0.3 is 0 Å². The lowest BCUT2D eigenvalue weighted by atomic mass is 10.2. The number of aryl methyl sites for hydroxylation is 1. The number of hydrogen-bond acceptors (Lipinski definition) is 5. The number of nitrogen functional groups attached to an aromatic ring is 1. The van der Waals surface area contributed by atoms with E-state index in [1.165, 1.54) is 12.1 Å². The molecule has 0 aliphatic heterocycles. The molecule has 0 aliphatic rings. The monoisotopic (exact) mass is 341 g/mol. The zero-order chi connectivity index (χ0) is 17.1. The Hall–Kier alpha value is -2.08. The molecule has 1 aromatic carbocycles. The molecule has 0 radical (unpaired) electrons. The lowest BCUT2D eigenvalue weighted by molar-refractivity contribution is 0.575. The van der Waals surface area contributed by atoms with Crippen LogP contribution >= 0.6 is 11.8 Å². The Labute approximate surface area is 146 Å². The number of unbranched alkanes of at least 4 members (excludes halogenated alkanes) is 1. The summed E-state index contributed by atoms with van der Waals surface area (Å²) in [6, 6.07) is 7.84. The summed E-state index contributed by atoms with van der Waals surface area (Å²) in [5, 5.41) is 1.94. The van der Waals surface area contributed by atoms with Crippen LogP contribution in [0.25, 0.3) is 10.9 Å². The lowest BCUT2D eigenvalue weighted by Crippen LogP contribution is -2.03. The van der Waals surface area contributed by atoms with E-state index in [1.807, 2.05) is 24.3 Å². The van der Waals surface area contributed by atoms with Crippen LogP contribution in [0.15, 0.2) is 29.4 Å². The number of rotatable bonds is 6. The predicted molar refractivity (Wildman–Crippen MR) is 100 cm³/mol. The second kappa shape index (κ2) is 7.21. The second-order valence-corrected chi connectivity index (χ2v) is 6.84. The van der Waals surface area contributed by atoms with Crippen LogP contribution in [0.3, 0.4) is 0 Å². The van der Waals surface area contributed by atoms with Crippen LogP contribution < -0.4 is 5.73 Å². The van der Waals surface area contributed by atoms with Crippen molar-refractivity contribution < 1.29 is 0 Å². The number of fused-ring (bicyclic) bond motifs is 1. The summed E-state index contributed by atoms with van der Waals surface area (Å²) < 4.78 is 2.30. The van der Waals surface area contributed by atoms with E-state index in [-0.39, 0.29) is 0 Å². The van der Waals surface area contributed by atoms with Crippen molar-refractivity contribution in [2.24, 2.45) is 0 Å². The molecule has 126 valence electrons. The number of para-hydroxylation sites is 1. The van der Waals surface area contributed by atoms with E-state index in [9.17, 15) is 0 Å². The van der Waals surface area contributed by atoms with Gasteiger partial charge in [0.25, 0.3) is 0 Å². The first kappa shape index (κ1) is 16.8. The molecule has 0 unspecified atom stereocenters. The SMILES string of the molecule is CCCCn1c(SCc2nc(N)c3ccccc3n2)nc(C)c1C. The van der Waals surface area contributed by atoms with Gasteiger partial charge in [-0.3, -0.25) is 0 Å². The molecule has 0 amide bonds. The minimum Gasteiger partial charge on any atom is -0.383 e. The zero-order valence-electron chi connectivity index (χ0n) is 14.4. The highest BCUT2D eigenvalue weighted by molar-refractivity contribution is 7.98. The maximum atomic E-state index is 6.07. The molecule has 2 N–H and O–H groups in total. The highest BCUT2D eigenvalue weighted by atomic mass is 32.2. The average molecular weight is 341 g/mol. The van der Waals surface area contributed by atoms with Crippen LogP contribution in [-0.2, 0) is 12.3 Å². The molecular formula is C18H23N5S. The summed E-state index contributed by atoms with van der Waals surface area (Å²) in [5.41, 5.74) is 9.29. The van der Waals surface area contributed by atoms with Gasteiger partial charge in [0, 0.05) is 17.6 Å². The second-order valence-electron chi connectivity index (χ2n) is 5.90. The number of imidazole rings is 1.